The zero-order valence-corrected chi connectivity index (χ0v) is 17.4. The number of para-hydroxylation sites is 1. The van der Waals surface area contributed by atoms with Gasteiger partial charge in [-0.2, -0.15) is 0 Å². The maximum atomic E-state index is 12.7. The van der Waals surface area contributed by atoms with E-state index in [-0.39, 0.29) is 5.91 Å². The van der Waals surface area contributed by atoms with Crippen LogP contribution in [0.4, 0.5) is 5.13 Å². The number of anilines is 1. The van der Waals surface area contributed by atoms with Crippen molar-refractivity contribution in [3.05, 3.63) is 63.4 Å². The van der Waals surface area contributed by atoms with Crippen LogP contribution in [0.2, 0.25) is 0 Å². The molecule has 140 valence electrons. The van der Waals surface area contributed by atoms with E-state index in [0.29, 0.717) is 29.7 Å². The average Bonchev–Trinajstić information content (AvgIpc) is 3.03. The second-order valence-corrected chi connectivity index (χ2v) is 7.84. The average molecular weight is 447 g/mol. The number of nitrogens with one attached hydrogen (secondary N) is 1. The Morgan fingerprint density at radius 3 is 2.63 bits per heavy atom. The number of thiazole rings is 1. The van der Waals surface area contributed by atoms with E-state index >= 15 is 0 Å². The summed E-state index contributed by atoms with van der Waals surface area (Å²) >= 11 is 4.88. The molecular weight excluding hydrogens is 428 g/mol. The maximum Gasteiger partial charge on any atom is 0.261 e. The molecule has 0 fully saturated rings. The third-order valence-corrected chi connectivity index (χ3v) is 5.23. The molecule has 27 heavy (non-hydrogen) atoms. The molecule has 0 atom stereocenters. The van der Waals surface area contributed by atoms with Crippen LogP contribution in [0, 0.1) is 6.92 Å². The van der Waals surface area contributed by atoms with Crippen molar-refractivity contribution in [3.8, 4) is 17.0 Å². The largest absolute Gasteiger partial charge is 0.490 e. The van der Waals surface area contributed by atoms with Gasteiger partial charge in [-0.25, -0.2) is 4.98 Å². The first kappa shape index (κ1) is 19.5. The second-order valence-electron chi connectivity index (χ2n) is 5.72. The van der Waals surface area contributed by atoms with Gasteiger partial charge in [-0.1, -0.05) is 40.2 Å². The lowest BCUT2D eigenvalue weighted by Gasteiger charge is -2.10. The number of hydrogen-bond acceptors (Lipinski definition) is 5. The monoisotopic (exact) mass is 446 g/mol. The van der Waals surface area contributed by atoms with Gasteiger partial charge >= 0.3 is 0 Å². The maximum absolute atomic E-state index is 12.7. The molecule has 0 saturated heterocycles. The summed E-state index contributed by atoms with van der Waals surface area (Å²) in [5, 5.41) is 3.44. The Labute approximate surface area is 170 Å². The summed E-state index contributed by atoms with van der Waals surface area (Å²) in [5.74, 6) is 0.271. The molecule has 3 rings (SSSR count). The summed E-state index contributed by atoms with van der Waals surface area (Å²) in [6.45, 7) is 2.83. The minimum atomic E-state index is -0.251. The van der Waals surface area contributed by atoms with Crippen LogP contribution in [-0.4, -0.2) is 31.2 Å². The molecule has 5 nitrogen and oxygen atoms in total. The quantitative estimate of drug-likeness (QED) is 0.509. The van der Waals surface area contributed by atoms with Gasteiger partial charge in [0.15, 0.2) is 5.13 Å². The number of amides is 1. The summed E-state index contributed by atoms with van der Waals surface area (Å²) in [4.78, 5) is 18.3. The Hall–Kier alpha value is -2.22. The van der Waals surface area contributed by atoms with Crippen molar-refractivity contribution in [1.82, 2.24) is 4.98 Å². The Kier molecular flexibility index (Phi) is 6.60. The lowest BCUT2D eigenvalue weighted by atomic mass is 10.1. The smallest absolute Gasteiger partial charge is 0.261 e. The van der Waals surface area contributed by atoms with Crippen LogP contribution in [0.5, 0.6) is 5.75 Å². The van der Waals surface area contributed by atoms with Gasteiger partial charge in [0.2, 0.25) is 0 Å². The molecule has 0 bridgehead atoms. The van der Waals surface area contributed by atoms with E-state index in [2.05, 4.69) is 26.2 Å². The fourth-order valence-electron chi connectivity index (χ4n) is 2.50. The van der Waals surface area contributed by atoms with Crippen LogP contribution in [0.3, 0.4) is 0 Å². The molecule has 0 unspecified atom stereocenters. The third-order valence-electron chi connectivity index (χ3n) is 3.81. The first-order valence-corrected chi connectivity index (χ1v) is 9.95. The van der Waals surface area contributed by atoms with Crippen molar-refractivity contribution in [2.45, 2.75) is 6.92 Å². The molecule has 2 aromatic carbocycles. The normalized spacial score (nSPS) is 10.6. The minimum absolute atomic E-state index is 0.251. The Bertz CT molecular complexity index is 925. The van der Waals surface area contributed by atoms with Crippen LogP contribution >= 0.6 is 27.3 Å². The number of aryl methyl sites for hydroxylation is 1. The lowest BCUT2D eigenvalue weighted by molar-refractivity contribution is 0.101. The summed E-state index contributed by atoms with van der Waals surface area (Å²) in [7, 11) is 1.61. The van der Waals surface area contributed by atoms with Crippen molar-refractivity contribution in [1.29, 1.82) is 0 Å². The number of carbonyl (C=O) groups is 1. The molecule has 0 saturated carbocycles. The van der Waals surface area contributed by atoms with E-state index in [1.807, 2.05) is 37.3 Å². The number of nitrogens with zero attached hydrogens (tertiary/aromatic N) is 1. The molecule has 0 aliphatic heterocycles. The summed E-state index contributed by atoms with van der Waals surface area (Å²) in [5.41, 5.74) is 2.34. The number of hydrogen-bond donors (Lipinski definition) is 1. The molecule has 1 amide bonds. The molecular formula is C20H19BrN2O3S. The van der Waals surface area contributed by atoms with Gasteiger partial charge < -0.3 is 9.47 Å². The van der Waals surface area contributed by atoms with Crippen LogP contribution in [0.15, 0.2) is 53.0 Å². The second kappa shape index (κ2) is 9.12. The molecule has 7 heteroatoms. The lowest BCUT2D eigenvalue weighted by Crippen LogP contribution is -2.14. The number of benzene rings is 2. The molecule has 1 aromatic heterocycles. The van der Waals surface area contributed by atoms with E-state index in [0.717, 1.165) is 20.6 Å². The van der Waals surface area contributed by atoms with E-state index in [4.69, 9.17) is 9.47 Å². The first-order valence-electron chi connectivity index (χ1n) is 8.34. The molecule has 0 radical (unpaired) electrons. The summed E-state index contributed by atoms with van der Waals surface area (Å²) < 4.78 is 11.6. The highest BCUT2D eigenvalue weighted by atomic mass is 79.9. The summed E-state index contributed by atoms with van der Waals surface area (Å²) in [6.07, 6.45) is 0. The molecule has 0 aliphatic carbocycles. The van der Waals surface area contributed by atoms with Crippen LogP contribution < -0.4 is 10.1 Å². The number of aromatic nitrogens is 1. The van der Waals surface area contributed by atoms with Gasteiger partial charge in [-0.05, 0) is 31.2 Å². The van der Waals surface area contributed by atoms with Gasteiger partial charge in [-0.15, -0.1) is 11.3 Å². The van der Waals surface area contributed by atoms with Crippen molar-refractivity contribution >= 4 is 38.3 Å². The van der Waals surface area contributed by atoms with Gasteiger partial charge in [-0.3, -0.25) is 10.1 Å². The van der Waals surface area contributed by atoms with Crippen molar-refractivity contribution in [3.63, 3.8) is 0 Å². The predicted molar refractivity (Wildman–Crippen MR) is 112 cm³/mol. The van der Waals surface area contributed by atoms with E-state index in [1.165, 1.54) is 11.3 Å². The molecule has 0 spiro atoms. The van der Waals surface area contributed by atoms with Crippen molar-refractivity contribution in [2.75, 3.05) is 25.6 Å². The molecule has 1 heterocycles. The van der Waals surface area contributed by atoms with Gasteiger partial charge in [0.05, 0.1) is 17.9 Å². The van der Waals surface area contributed by atoms with Crippen molar-refractivity contribution < 1.29 is 14.3 Å². The highest BCUT2D eigenvalue weighted by molar-refractivity contribution is 9.10. The number of halogens is 1. The van der Waals surface area contributed by atoms with Crippen molar-refractivity contribution in [2.24, 2.45) is 0 Å². The summed E-state index contributed by atoms with van der Waals surface area (Å²) in [6, 6.07) is 15.1. The van der Waals surface area contributed by atoms with Crippen LogP contribution in [0.1, 0.15) is 15.2 Å². The number of methoxy groups -OCH3 is 1. The Morgan fingerprint density at radius 1 is 1.15 bits per heavy atom. The molecule has 1 N–H and O–H groups in total. The van der Waals surface area contributed by atoms with Gasteiger partial charge in [0.1, 0.15) is 12.4 Å². The number of carbonyl (C=O) groups excluding carboxylic acids is 1. The Morgan fingerprint density at radius 2 is 1.89 bits per heavy atom. The predicted octanol–water partition coefficient (Wildman–Crippen LogP) is 5.16. The fraction of sp³-hybridized carbons (Fsp3) is 0.200. The SMILES string of the molecule is COCCOc1ccccc1C(=O)Nc1nc(-c2ccc(Br)cc2)c(C)s1. The van der Waals surface area contributed by atoms with Gasteiger partial charge in [0, 0.05) is 22.0 Å². The Balaban J connectivity index is 1.77. The topological polar surface area (TPSA) is 60.5 Å². The van der Waals surface area contributed by atoms with Crippen LogP contribution in [0.25, 0.3) is 11.3 Å². The van der Waals surface area contributed by atoms with E-state index < -0.39 is 0 Å². The van der Waals surface area contributed by atoms with Crippen LogP contribution in [-0.2, 0) is 4.74 Å². The van der Waals surface area contributed by atoms with E-state index in [9.17, 15) is 4.79 Å². The van der Waals surface area contributed by atoms with Gasteiger partial charge in [0.25, 0.3) is 5.91 Å². The standard InChI is InChI=1S/C20H19BrN2O3S/c1-13-18(14-7-9-15(21)10-8-14)22-20(27-13)23-19(24)16-5-3-4-6-17(16)26-12-11-25-2/h3-10H,11-12H2,1-2H3,(H,22,23,24). The molecule has 3 aromatic rings. The number of rotatable bonds is 7. The highest BCUT2D eigenvalue weighted by Gasteiger charge is 2.16. The van der Waals surface area contributed by atoms with E-state index in [1.54, 1.807) is 25.3 Å². The first-order chi connectivity index (χ1) is 13.1. The zero-order chi connectivity index (χ0) is 19.2. The number of ether oxygens (including phenoxy) is 2. The minimum Gasteiger partial charge on any atom is -0.490 e. The highest BCUT2D eigenvalue weighted by Crippen LogP contribution is 2.31. The molecule has 0 aliphatic rings. The fourth-order valence-corrected chi connectivity index (χ4v) is 3.60. The third kappa shape index (κ3) is 4.94. The zero-order valence-electron chi connectivity index (χ0n) is 15.0.